The predicted molar refractivity (Wildman–Crippen MR) is 105 cm³/mol. The second-order valence-electron chi connectivity index (χ2n) is 8.28. The van der Waals surface area contributed by atoms with Gasteiger partial charge >= 0.3 is 6.18 Å². The molecule has 0 radical (unpaired) electrons. The Balaban J connectivity index is 1.58. The van der Waals surface area contributed by atoms with E-state index >= 15 is 0 Å². The lowest BCUT2D eigenvalue weighted by molar-refractivity contribution is -0.137. The molecule has 1 amide bonds. The fourth-order valence-corrected chi connectivity index (χ4v) is 3.93. The first-order chi connectivity index (χ1) is 14.2. The van der Waals surface area contributed by atoms with Gasteiger partial charge in [0.1, 0.15) is 11.5 Å². The van der Waals surface area contributed by atoms with E-state index < -0.39 is 23.7 Å². The minimum atomic E-state index is -4.41. The highest BCUT2D eigenvalue weighted by molar-refractivity contribution is 5.94. The van der Waals surface area contributed by atoms with Crippen LogP contribution < -0.4 is 10.9 Å². The molecule has 160 valence electrons. The van der Waals surface area contributed by atoms with Crippen molar-refractivity contribution in [3.05, 3.63) is 62.8 Å². The van der Waals surface area contributed by atoms with Gasteiger partial charge in [-0.15, -0.1) is 0 Å². The number of amides is 1. The van der Waals surface area contributed by atoms with Crippen LogP contribution in [0.2, 0.25) is 0 Å². The molecule has 2 aliphatic rings. The number of benzene rings is 1. The van der Waals surface area contributed by atoms with Crippen molar-refractivity contribution in [2.75, 3.05) is 0 Å². The summed E-state index contributed by atoms with van der Waals surface area (Å²) in [6.07, 6.45) is 1.26. The van der Waals surface area contributed by atoms with Gasteiger partial charge in [-0.1, -0.05) is 25.0 Å². The third kappa shape index (κ3) is 4.00. The van der Waals surface area contributed by atoms with E-state index in [4.69, 9.17) is 0 Å². The van der Waals surface area contributed by atoms with Crippen LogP contribution in [0.4, 0.5) is 13.2 Å². The highest BCUT2D eigenvalue weighted by atomic mass is 19.4. The molecule has 1 aromatic heterocycles. The van der Waals surface area contributed by atoms with Crippen LogP contribution in [0.1, 0.15) is 96.3 Å². The fourth-order valence-electron chi connectivity index (χ4n) is 3.93. The minimum Gasteiger partial charge on any atom is -0.344 e. The number of carbonyl (C=O) groups excluding carboxylic acids is 1. The van der Waals surface area contributed by atoms with E-state index in [0.717, 1.165) is 50.7 Å². The smallest absolute Gasteiger partial charge is 0.344 e. The number of nitrogens with one attached hydrogen (secondary N) is 2. The number of H-pyrrole nitrogens is 1. The number of nitrogens with zero attached hydrogens (tertiary/aromatic N) is 1. The Morgan fingerprint density at radius 3 is 2.20 bits per heavy atom. The molecule has 0 bridgehead atoms. The van der Waals surface area contributed by atoms with Crippen LogP contribution in [-0.2, 0) is 6.18 Å². The predicted octanol–water partition coefficient (Wildman–Crippen LogP) is 4.81. The Morgan fingerprint density at radius 2 is 1.70 bits per heavy atom. The average molecular weight is 419 g/mol. The zero-order valence-electron chi connectivity index (χ0n) is 16.7. The van der Waals surface area contributed by atoms with Gasteiger partial charge in [0.25, 0.3) is 11.5 Å². The second-order valence-corrected chi connectivity index (χ2v) is 8.28. The van der Waals surface area contributed by atoms with Gasteiger partial charge in [-0.3, -0.25) is 9.59 Å². The van der Waals surface area contributed by atoms with E-state index in [-0.39, 0.29) is 23.1 Å². The van der Waals surface area contributed by atoms with Crippen molar-refractivity contribution in [1.29, 1.82) is 0 Å². The average Bonchev–Trinajstić information content (AvgIpc) is 2.60. The fraction of sp³-hybridized carbons (Fsp3) is 0.500. The highest BCUT2D eigenvalue weighted by Gasteiger charge is 2.32. The summed E-state index contributed by atoms with van der Waals surface area (Å²) in [4.78, 5) is 33.2. The summed E-state index contributed by atoms with van der Waals surface area (Å²) >= 11 is 0. The van der Waals surface area contributed by atoms with Crippen molar-refractivity contribution in [3.8, 4) is 0 Å². The molecule has 30 heavy (non-hydrogen) atoms. The van der Waals surface area contributed by atoms with E-state index in [0.29, 0.717) is 17.0 Å². The zero-order valence-corrected chi connectivity index (χ0v) is 16.7. The van der Waals surface area contributed by atoms with Crippen molar-refractivity contribution < 1.29 is 18.0 Å². The summed E-state index contributed by atoms with van der Waals surface area (Å²) in [5, 5.41) is 2.81. The molecule has 1 aromatic carbocycles. The van der Waals surface area contributed by atoms with Crippen LogP contribution >= 0.6 is 0 Å². The van der Waals surface area contributed by atoms with Crippen LogP contribution in [0.3, 0.4) is 0 Å². The van der Waals surface area contributed by atoms with Crippen molar-refractivity contribution in [2.24, 2.45) is 0 Å². The molecule has 0 unspecified atom stereocenters. The van der Waals surface area contributed by atoms with Crippen LogP contribution in [0.25, 0.3) is 0 Å². The zero-order chi connectivity index (χ0) is 21.5. The Labute approximate surface area is 172 Å². The first-order valence-electron chi connectivity index (χ1n) is 10.4. The van der Waals surface area contributed by atoms with E-state index in [1.54, 1.807) is 6.92 Å². The number of hydrogen-bond acceptors (Lipinski definition) is 3. The van der Waals surface area contributed by atoms with Crippen LogP contribution in [-0.4, -0.2) is 15.9 Å². The van der Waals surface area contributed by atoms with Crippen LogP contribution in [0.15, 0.2) is 29.1 Å². The summed E-state index contributed by atoms with van der Waals surface area (Å²) in [5.41, 5.74) is 0.151. The van der Waals surface area contributed by atoms with Gasteiger partial charge in [0.15, 0.2) is 0 Å². The number of alkyl halides is 3. The molecule has 5 nitrogen and oxygen atoms in total. The van der Waals surface area contributed by atoms with E-state index in [1.807, 2.05) is 0 Å². The lowest BCUT2D eigenvalue weighted by atomic mass is 9.79. The first-order valence-corrected chi connectivity index (χ1v) is 10.4. The normalized spacial score (nSPS) is 18.4. The number of hydrogen-bond donors (Lipinski definition) is 2. The minimum absolute atomic E-state index is 0.0267. The topological polar surface area (TPSA) is 74.8 Å². The number of aromatic nitrogens is 2. The molecule has 2 N–H and O–H groups in total. The number of carbonyl (C=O) groups is 1. The van der Waals surface area contributed by atoms with Crippen molar-refractivity contribution in [2.45, 2.75) is 69.5 Å². The molecule has 1 heterocycles. The maximum atomic E-state index is 13.0. The molecular formula is C22H24F3N3O2. The lowest BCUT2D eigenvalue weighted by Gasteiger charge is -2.29. The molecule has 2 fully saturated rings. The summed E-state index contributed by atoms with van der Waals surface area (Å²) in [5.74, 6) is 0.295. The maximum Gasteiger partial charge on any atom is 0.416 e. The largest absolute Gasteiger partial charge is 0.416 e. The van der Waals surface area contributed by atoms with Crippen molar-refractivity contribution in [3.63, 3.8) is 0 Å². The SMILES string of the molecule is C[C@@H](NC(=O)c1nc(C2CCC2)[nH]c(=O)c1C1CCC1)c1ccc(C(F)(F)F)cc1. The lowest BCUT2D eigenvalue weighted by Crippen LogP contribution is -2.35. The Morgan fingerprint density at radius 1 is 1.10 bits per heavy atom. The number of halogens is 3. The molecule has 4 rings (SSSR count). The third-order valence-corrected chi connectivity index (χ3v) is 6.28. The van der Waals surface area contributed by atoms with Gasteiger partial charge in [0, 0.05) is 5.92 Å². The van der Waals surface area contributed by atoms with Gasteiger partial charge in [-0.2, -0.15) is 13.2 Å². The molecule has 0 spiro atoms. The monoisotopic (exact) mass is 419 g/mol. The Hall–Kier alpha value is -2.64. The molecule has 2 aromatic rings. The Bertz CT molecular complexity index is 990. The summed E-state index contributed by atoms with van der Waals surface area (Å²) in [6, 6.07) is 4.18. The maximum absolute atomic E-state index is 13.0. The quantitative estimate of drug-likeness (QED) is 0.730. The van der Waals surface area contributed by atoms with Crippen LogP contribution in [0, 0.1) is 0 Å². The van der Waals surface area contributed by atoms with Gasteiger partial charge in [0.05, 0.1) is 17.2 Å². The molecular weight excluding hydrogens is 395 g/mol. The summed E-state index contributed by atoms with van der Waals surface area (Å²) in [7, 11) is 0. The highest BCUT2D eigenvalue weighted by Crippen LogP contribution is 2.38. The summed E-state index contributed by atoms with van der Waals surface area (Å²) in [6.45, 7) is 1.70. The first kappa shape index (κ1) is 20.6. The van der Waals surface area contributed by atoms with E-state index in [2.05, 4.69) is 15.3 Å². The third-order valence-electron chi connectivity index (χ3n) is 6.28. The van der Waals surface area contributed by atoms with E-state index in [1.165, 1.54) is 12.1 Å². The molecule has 1 atom stereocenters. The molecule has 2 saturated carbocycles. The van der Waals surface area contributed by atoms with Crippen molar-refractivity contribution >= 4 is 5.91 Å². The molecule has 0 aliphatic heterocycles. The second kappa shape index (κ2) is 7.89. The summed E-state index contributed by atoms with van der Waals surface area (Å²) < 4.78 is 38.3. The molecule has 8 heteroatoms. The molecule has 2 aliphatic carbocycles. The van der Waals surface area contributed by atoms with Gasteiger partial charge in [-0.25, -0.2) is 4.98 Å². The Kier molecular flexibility index (Phi) is 5.42. The number of aromatic amines is 1. The van der Waals surface area contributed by atoms with Gasteiger partial charge in [0.2, 0.25) is 0 Å². The van der Waals surface area contributed by atoms with Crippen LogP contribution in [0.5, 0.6) is 0 Å². The van der Waals surface area contributed by atoms with Gasteiger partial charge in [-0.05, 0) is 56.2 Å². The number of rotatable bonds is 5. The van der Waals surface area contributed by atoms with Crippen molar-refractivity contribution in [1.82, 2.24) is 15.3 Å². The van der Waals surface area contributed by atoms with E-state index in [9.17, 15) is 22.8 Å². The standard InChI is InChI=1S/C22H24F3N3O2/c1-12(13-8-10-16(11-9-13)22(23,24)25)26-21(30)18-17(14-4-2-5-14)20(29)28-19(27-18)15-6-3-7-15/h8-12,14-15H,2-7H2,1H3,(H,26,30)(H,27,28,29)/t12-/m1/s1. The molecule has 0 saturated heterocycles. The van der Waals surface area contributed by atoms with Gasteiger partial charge < -0.3 is 10.3 Å².